The monoisotopic (exact) mass is 278 g/mol. The second-order valence-corrected chi connectivity index (χ2v) is 9.41. The van der Waals surface area contributed by atoms with Crippen LogP contribution in [0.1, 0.15) is 66.7 Å². The first-order chi connectivity index (χ1) is 9.26. The first-order valence-electron chi connectivity index (χ1n) is 8.75. The summed E-state index contributed by atoms with van der Waals surface area (Å²) in [5.41, 5.74) is 1.72. The van der Waals surface area contributed by atoms with Crippen molar-refractivity contribution in [2.75, 3.05) is 13.7 Å². The molecule has 0 aromatic rings. The van der Waals surface area contributed by atoms with Crippen LogP contribution in [0.4, 0.5) is 0 Å². The molecule has 0 saturated heterocycles. The average Bonchev–Trinajstić information content (AvgIpc) is 2.87. The van der Waals surface area contributed by atoms with Crippen molar-refractivity contribution in [3.63, 3.8) is 0 Å². The van der Waals surface area contributed by atoms with E-state index >= 15 is 0 Å². The Morgan fingerprint density at radius 3 is 2.45 bits per heavy atom. The smallest absolute Gasteiger partial charge is 0.0490 e. The van der Waals surface area contributed by atoms with Gasteiger partial charge in [0.05, 0.1) is 0 Å². The van der Waals surface area contributed by atoms with Gasteiger partial charge in [-0.3, -0.25) is 0 Å². The zero-order valence-electron chi connectivity index (χ0n) is 14.5. The fourth-order valence-electron chi connectivity index (χ4n) is 6.90. The van der Waals surface area contributed by atoms with Gasteiger partial charge in [0, 0.05) is 13.7 Å². The van der Waals surface area contributed by atoms with E-state index in [1.54, 1.807) is 0 Å². The second kappa shape index (κ2) is 4.48. The molecule has 0 aromatic carbocycles. The van der Waals surface area contributed by atoms with E-state index in [1.165, 1.54) is 32.1 Å². The van der Waals surface area contributed by atoms with Crippen LogP contribution >= 0.6 is 0 Å². The van der Waals surface area contributed by atoms with Crippen LogP contribution in [0.3, 0.4) is 0 Å². The number of hydrogen-bond acceptors (Lipinski definition) is 1. The van der Waals surface area contributed by atoms with E-state index in [0.717, 1.165) is 30.3 Å². The number of ether oxygens (including phenoxy) is 1. The topological polar surface area (TPSA) is 9.23 Å². The molecular weight excluding hydrogens is 244 g/mol. The summed E-state index contributed by atoms with van der Waals surface area (Å²) >= 11 is 0. The highest BCUT2D eigenvalue weighted by Gasteiger charge is 2.69. The Kier molecular flexibility index (Phi) is 3.33. The molecule has 2 unspecified atom stereocenters. The fourth-order valence-corrected chi connectivity index (χ4v) is 6.90. The summed E-state index contributed by atoms with van der Waals surface area (Å²) in [4.78, 5) is 0. The third-order valence-corrected chi connectivity index (χ3v) is 8.04. The van der Waals surface area contributed by atoms with E-state index in [9.17, 15) is 0 Å². The molecule has 1 spiro atoms. The van der Waals surface area contributed by atoms with Crippen LogP contribution in [0.2, 0.25) is 0 Å². The van der Waals surface area contributed by atoms with Crippen LogP contribution in [0.5, 0.6) is 0 Å². The summed E-state index contributed by atoms with van der Waals surface area (Å²) < 4.78 is 5.50. The van der Waals surface area contributed by atoms with E-state index in [-0.39, 0.29) is 0 Å². The highest BCUT2D eigenvalue weighted by atomic mass is 16.5. The third-order valence-electron chi connectivity index (χ3n) is 8.04. The molecule has 0 N–H and O–H groups in total. The maximum absolute atomic E-state index is 5.50. The van der Waals surface area contributed by atoms with Crippen molar-refractivity contribution in [3.05, 3.63) is 0 Å². The Balaban J connectivity index is 1.99. The van der Waals surface area contributed by atoms with Gasteiger partial charge in [-0.1, -0.05) is 34.6 Å². The first-order valence-corrected chi connectivity index (χ1v) is 8.75. The van der Waals surface area contributed by atoms with Crippen LogP contribution in [-0.2, 0) is 4.74 Å². The van der Waals surface area contributed by atoms with Crippen LogP contribution in [0.15, 0.2) is 0 Å². The molecule has 3 aliphatic rings. The van der Waals surface area contributed by atoms with Gasteiger partial charge in [-0.15, -0.1) is 0 Å². The lowest BCUT2D eigenvalue weighted by Crippen LogP contribution is -2.53. The van der Waals surface area contributed by atoms with Crippen molar-refractivity contribution in [1.29, 1.82) is 0 Å². The van der Waals surface area contributed by atoms with Crippen LogP contribution in [-0.4, -0.2) is 13.7 Å². The van der Waals surface area contributed by atoms with E-state index in [2.05, 4.69) is 34.6 Å². The van der Waals surface area contributed by atoms with Gasteiger partial charge in [0.2, 0.25) is 0 Å². The molecule has 0 amide bonds. The summed E-state index contributed by atoms with van der Waals surface area (Å²) in [6.45, 7) is 13.7. The molecule has 0 aromatic heterocycles. The maximum atomic E-state index is 5.50. The number of hydrogen-bond donors (Lipinski definition) is 0. The van der Waals surface area contributed by atoms with Crippen molar-refractivity contribution < 1.29 is 4.74 Å². The van der Waals surface area contributed by atoms with Crippen molar-refractivity contribution in [2.24, 2.45) is 39.9 Å². The summed E-state index contributed by atoms with van der Waals surface area (Å²) in [7, 11) is 1.87. The van der Waals surface area contributed by atoms with Gasteiger partial charge in [0.25, 0.3) is 0 Å². The predicted octanol–water partition coefficient (Wildman–Crippen LogP) is 5.15. The number of methoxy groups -OCH3 is 1. The largest absolute Gasteiger partial charge is 0.384 e. The van der Waals surface area contributed by atoms with Crippen molar-refractivity contribution >= 4 is 0 Å². The Labute approximate surface area is 125 Å². The van der Waals surface area contributed by atoms with Crippen molar-refractivity contribution in [2.45, 2.75) is 66.7 Å². The normalized spacial score (nSPS) is 46.2. The van der Waals surface area contributed by atoms with E-state index in [4.69, 9.17) is 4.74 Å². The van der Waals surface area contributed by atoms with Gasteiger partial charge in [-0.05, 0) is 72.0 Å². The highest BCUT2D eigenvalue weighted by molar-refractivity contribution is 5.18. The van der Waals surface area contributed by atoms with E-state index < -0.39 is 0 Å². The zero-order chi connectivity index (χ0) is 14.8. The van der Waals surface area contributed by atoms with Gasteiger partial charge >= 0.3 is 0 Å². The summed E-state index contributed by atoms with van der Waals surface area (Å²) in [6.07, 6.45) is 7.33. The molecular formula is C19H34O. The molecule has 116 valence electrons. The minimum absolute atomic E-state index is 0.544. The van der Waals surface area contributed by atoms with Gasteiger partial charge in [0.15, 0.2) is 0 Å². The Morgan fingerprint density at radius 2 is 1.80 bits per heavy atom. The SMILES string of the molecule is COC[C@@H](C)C1CCC(C)(C)[C@@]23CC[C@@H](C2)C(C)(C)C13. The second-order valence-electron chi connectivity index (χ2n) is 9.41. The molecule has 1 heteroatoms. The van der Waals surface area contributed by atoms with E-state index in [0.29, 0.717) is 16.2 Å². The quantitative estimate of drug-likeness (QED) is 0.694. The fraction of sp³-hybridized carbons (Fsp3) is 1.00. The average molecular weight is 278 g/mol. The van der Waals surface area contributed by atoms with Gasteiger partial charge in [-0.2, -0.15) is 0 Å². The molecule has 0 radical (unpaired) electrons. The number of fused-ring (bicyclic) bond motifs is 1. The Morgan fingerprint density at radius 1 is 1.10 bits per heavy atom. The molecule has 3 aliphatic carbocycles. The first kappa shape index (κ1) is 14.9. The lowest BCUT2D eigenvalue weighted by molar-refractivity contribution is -0.119. The molecule has 5 atom stereocenters. The molecule has 20 heavy (non-hydrogen) atoms. The summed E-state index contributed by atoms with van der Waals surface area (Å²) in [5.74, 6) is 3.49. The lowest BCUT2D eigenvalue weighted by atomic mass is 9.45. The zero-order valence-corrected chi connectivity index (χ0v) is 14.5. The third kappa shape index (κ3) is 1.71. The lowest BCUT2D eigenvalue weighted by Gasteiger charge is -2.60. The maximum Gasteiger partial charge on any atom is 0.0490 e. The summed E-state index contributed by atoms with van der Waals surface area (Å²) in [6, 6.07) is 0. The molecule has 3 fully saturated rings. The standard InChI is InChI=1S/C19H34O/c1-13(12-20-6)15-8-9-17(2,3)19-10-7-14(11-19)18(4,5)16(15)19/h13-16H,7-12H2,1-6H3/t13-,14+,15?,16?,19+/m1/s1. The Hall–Kier alpha value is -0.0400. The molecule has 3 rings (SSSR count). The van der Waals surface area contributed by atoms with Gasteiger partial charge in [-0.25, -0.2) is 0 Å². The van der Waals surface area contributed by atoms with Crippen LogP contribution in [0.25, 0.3) is 0 Å². The predicted molar refractivity (Wildman–Crippen MR) is 84.6 cm³/mol. The van der Waals surface area contributed by atoms with Crippen LogP contribution in [0, 0.1) is 39.9 Å². The van der Waals surface area contributed by atoms with Crippen molar-refractivity contribution in [1.82, 2.24) is 0 Å². The summed E-state index contributed by atoms with van der Waals surface area (Å²) in [5, 5.41) is 0. The van der Waals surface area contributed by atoms with Gasteiger partial charge < -0.3 is 4.74 Å². The minimum Gasteiger partial charge on any atom is -0.384 e. The molecule has 2 bridgehead atoms. The van der Waals surface area contributed by atoms with E-state index in [1.807, 2.05) is 7.11 Å². The highest BCUT2D eigenvalue weighted by Crippen LogP contribution is 2.77. The minimum atomic E-state index is 0.544. The van der Waals surface area contributed by atoms with Crippen molar-refractivity contribution in [3.8, 4) is 0 Å². The van der Waals surface area contributed by atoms with Gasteiger partial charge in [0.1, 0.15) is 0 Å². The molecule has 0 aliphatic heterocycles. The molecule has 0 heterocycles. The molecule has 1 nitrogen and oxygen atoms in total. The Bertz CT molecular complexity index is 383. The molecule has 3 saturated carbocycles. The van der Waals surface area contributed by atoms with Crippen LogP contribution < -0.4 is 0 Å². The number of rotatable bonds is 3.